The normalized spacial score (nSPS) is 10.6. The quantitative estimate of drug-likeness (QED) is 0.329. The number of carbonyl (C=O) groups excluding carboxylic acids is 1. The van der Waals surface area contributed by atoms with E-state index in [4.69, 9.17) is 23.2 Å². The van der Waals surface area contributed by atoms with Gasteiger partial charge in [0.25, 0.3) is 11.5 Å². The van der Waals surface area contributed by atoms with Crippen molar-refractivity contribution in [2.75, 3.05) is 5.32 Å². The fraction of sp³-hybridized carbons (Fsp3) is 0. The lowest BCUT2D eigenvalue weighted by atomic mass is 9.95. The molecule has 3 N–H and O–H groups in total. The van der Waals surface area contributed by atoms with Crippen molar-refractivity contribution in [3.05, 3.63) is 111 Å². The Hall–Kier alpha value is -3.87. The average molecular weight is 479 g/mol. The van der Waals surface area contributed by atoms with Crippen molar-refractivity contribution in [1.82, 2.24) is 4.98 Å². The van der Waals surface area contributed by atoms with E-state index in [0.29, 0.717) is 32.3 Å². The molecule has 0 saturated carbocycles. The summed E-state index contributed by atoms with van der Waals surface area (Å²) < 4.78 is 0. The maximum atomic E-state index is 13.1. The number of benzene rings is 3. The Bertz CT molecular complexity index is 1450. The summed E-state index contributed by atoms with van der Waals surface area (Å²) in [6, 6.07) is 19.5. The molecule has 0 atom stereocenters. The molecule has 0 bridgehead atoms. The molecule has 3 aromatic carbocycles. The number of pyridine rings is 1. The number of aromatic carboxylic acids is 1. The largest absolute Gasteiger partial charge is 0.478 e. The van der Waals surface area contributed by atoms with Crippen LogP contribution in [0.3, 0.4) is 0 Å². The van der Waals surface area contributed by atoms with Gasteiger partial charge in [-0.25, -0.2) is 4.79 Å². The number of nitrogens with one attached hydrogen (secondary N) is 2. The van der Waals surface area contributed by atoms with Crippen LogP contribution in [0, 0.1) is 0 Å². The first kappa shape index (κ1) is 22.3. The van der Waals surface area contributed by atoms with Crippen LogP contribution in [0.2, 0.25) is 10.0 Å². The smallest absolute Gasteiger partial charge is 0.336 e. The summed E-state index contributed by atoms with van der Waals surface area (Å²) in [5, 5.41) is 13.0. The average Bonchev–Trinajstić information content (AvgIpc) is 2.80. The second kappa shape index (κ2) is 9.32. The molecular weight excluding hydrogens is 463 g/mol. The summed E-state index contributed by atoms with van der Waals surface area (Å²) >= 11 is 12.2. The SMILES string of the molecule is O=C(O)c1ccccc1-c1ccccc1C(=O)Nc1cc(-c2ccc(Cl)cc2Cl)c[nH]c1=O. The van der Waals surface area contributed by atoms with Gasteiger partial charge in [0.05, 0.1) is 5.56 Å². The monoisotopic (exact) mass is 478 g/mol. The van der Waals surface area contributed by atoms with Crippen molar-refractivity contribution in [3.63, 3.8) is 0 Å². The molecule has 0 unspecified atom stereocenters. The lowest BCUT2D eigenvalue weighted by Crippen LogP contribution is -2.20. The zero-order valence-electron chi connectivity index (χ0n) is 16.9. The van der Waals surface area contributed by atoms with Gasteiger partial charge in [-0.15, -0.1) is 0 Å². The molecule has 1 amide bonds. The first-order valence-corrected chi connectivity index (χ1v) is 10.5. The van der Waals surface area contributed by atoms with Crippen LogP contribution in [0.15, 0.2) is 83.8 Å². The van der Waals surface area contributed by atoms with E-state index in [2.05, 4.69) is 10.3 Å². The van der Waals surface area contributed by atoms with Crippen molar-refractivity contribution < 1.29 is 14.7 Å². The zero-order chi connectivity index (χ0) is 23.5. The van der Waals surface area contributed by atoms with Gasteiger partial charge in [-0.1, -0.05) is 65.7 Å². The van der Waals surface area contributed by atoms with Crippen molar-refractivity contribution in [1.29, 1.82) is 0 Å². The molecule has 8 heteroatoms. The molecule has 0 spiro atoms. The number of anilines is 1. The van der Waals surface area contributed by atoms with Gasteiger partial charge in [0, 0.05) is 32.9 Å². The van der Waals surface area contributed by atoms with Crippen LogP contribution in [0.1, 0.15) is 20.7 Å². The first-order valence-electron chi connectivity index (χ1n) is 9.76. The Kier molecular flexibility index (Phi) is 6.31. The van der Waals surface area contributed by atoms with Gasteiger partial charge < -0.3 is 15.4 Å². The number of hydrogen-bond donors (Lipinski definition) is 3. The van der Waals surface area contributed by atoms with E-state index in [-0.39, 0.29) is 16.8 Å². The van der Waals surface area contributed by atoms with E-state index in [1.54, 1.807) is 60.7 Å². The Morgan fingerprint density at radius 3 is 2.12 bits per heavy atom. The number of H-pyrrole nitrogens is 1. The number of rotatable bonds is 5. The molecule has 6 nitrogen and oxygen atoms in total. The minimum atomic E-state index is -1.11. The summed E-state index contributed by atoms with van der Waals surface area (Å²) in [6.07, 6.45) is 1.49. The van der Waals surface area contributed by atoms with E-state index in [9.17, 15) is 19.5 Å². The second-order valence-electron chi connectivity index (χ2n) is 7.11. The molecule has 33 heavy (non-hydrogen) atoms. The molecule has 0 aliphatic rings. The minimum absolute atomic E-state index is 0.0184. The number of carboxylic acid groups (broad SMARTS) is 1. The molecule has 0 aliphatic carbocycles. The van der Waals surface area contributed by atoms with Crippen molar-refractivity contribution >= 4 is 40.8 Å². The number of aromatic nitrogens is 1. The lowest BCUT2D eigenvalue weighted by Gasteiger charge is -2.13. The van der Waals surface area contributed by atoms with E-state index >= 15 is 0 Å². The van der Waals surface area contributed by atoms with Gasteiger partial charge in [-0.3, -0.25) is 9.59 Å². The van der Waals surface area contributed by atoms with Gasteiger partial charge in [0.15, 0.2) is 0 Å². The van der Waals surface area contributed by atoms with Crippen molar-refractivity contribution in [3.8, 4) is 22.3 Å². The topological polar surface area (TPSA) is 99.3 Å². The Balaban J connectivity index is 1.72. The molecule has 0 radical (unpaired) electrons. The maximum absolute atomic E-state index is 13.1. The summed E-state index contributed by atoms with van der Waals surface area (Å²) in [7, 11) is 0. The van der Waals surface area contributed by atoms with Gasteiger partial charge in [0.1, 0.15) is 5.69 Å². The number of amides is 1. The summed E-state index contributed by atoms with van der Waals surface area (Å²) in [5.41, 5.74) is 1.84. The molecular formula is C25H16Cl2N2O4. The second-order valence-corrected chi connectivity index (χ2v) is 7.95. The molecule has 1 aromatic heterocycles. The van der Waals surface area contributed by atoms with Gasteiger partial charge in [-0.2, -0.15) is 0 Å². The molecule has 0 saturated heterocycles. The van der Waals surface area contributed by atoms with Crippen molar-refractivity contribution in [2.45, 2.75) is 0 Å². The van der Waals surface area contributed by atoms with E-state index < -0.39 is 17.4 Å². The van der Waals surface area contributed by atoms with Crippen LogP contribution in [0.25, 0.3) is 22.3 Å². The van der Waals surface area contributed by atoms with Crippen LogP contribution < -0.4 is 10.9 Å². The number of carbonyl (C=O) groups is 2. The van der Waals surface area contributed by atoms with Crippen LogP contribution in [-0.4, -0.2) is 22.0 Å². The fourth-order valence-corrected chi connectivity index (χ4v) is 3.98. The summed E-state index contributed by atoms with van der Waals surface area (Å²) in [5.74, 6) is -1.67. The Morgan fingerprint density at radius 1 is 0.818 bits per heavy atom. The maximum Gasteiger partial charge on any atom is 0.336 e. The third-order valence-electron chi connectivity index (χ3n) is 5.01. The van der Waals surface area contributed by atoms with Crippen LogP contribution in [0.5, 0.6) is 0 Å². The highest BCUT2D eigenvalue weighted by Crippen LogP contribution is 2.31. The summed E-state index contributed by atoms with van der Waals surface area (Å²) in [4.78, 5) is 39.8. The van der Waals surface area contributed by atoms with Gasteiger partial charge in [-0.05, 0) is 41.5 Å². The Labute approximate surface area is 198 Å². The Morgan fingerprint density at radius 2 is 1.45 bits per heavy atom. The predicted octanol–water partition coefficient (Wildman–Crippen LogP) is 5.97. The molecule has 4 rings (SSSR count). The van der Waals surface area contributed by atoms with Gasteiger partial charge >= 0.3 is 5.97 Å². The summed E-state index contributed by atoms with van der Waals surface area (Å²) in [6.45, 7) is 0. The minimum Gasteiger partial charge on any atom is -0.478 e. The van der Waals surface area contributed by atoms with E-state index in [0.717, 1.165) is 0 Å². The van der Waals surface area contributed by atoms with Crippen molar-refractivity contribution in [2.24, 2.45) is 0 Å². The standard InChI is InChI=1S/C25H16Cl2N2O4/c26-15-9-10-16(21(27)12-15)14-11-22(24(31)28-13-14)29-23(30)19-7-3-1-5-17(19)18-6-2-4-8-20(18)25(32)33/h1-13H,(H,28,31)(H,29,30)(H,32,33). The van der Waals surface area contributed by atoms with Crippen LogP contribution >= 0.6 is 23.2 Å². The first-order chi connectivity index (χ1) is 15.8. The third kappa shape index (κ3) is 4.67. The number of halogens is 2. The fourth-order valence-electron chi connectivity index (χ4n) is 3.47. The van der Waals surface area contributed by atoms with Crippen LogP contribution in [0.4, 0.5) is 5.69 Å². The number of hydrogen-bond acceptors (Lipinski definition) is 3. The highest BCUT2D eigenvalue weighted by Gasteiger charge is 2.18. The van der Waals surface area contributed by atoms with Crippen LogP contribution in [-0.2, 0) is 0 Å². The molecule has 1 heterocycles. The highest BCUT2D eigenvalue weighted by molar-refractivity contribution is 6.36. The molecule has 0 aliphatic heterocycles. The van der Waals surface area contributed by atoms with E-state index in [1.165, 1.54) is 18.3 Å². The zero-order valence-corrected chi connectivity index (χ0v) is 18.4. The highest BCUT2D eigenvalue weighted by atomic mass is 35.5. The number of carboxylic acids is 1. The predicted molar refractivity (Wildman–Crippen MR) is 129 cm³/mol. The third-order valence-corrected chi connectivity index (χ3v) is 5.56. The lowest BCUT2D eigenvalue weighted by molar-refractivity contribution is 0.0697. The molecule has 164 valence electrons. The van der Waals surface area contributed by atoms with Gasteiger partial charge in [0.2, 0.25) is 0 Å². The molecule has 0 fully saturated rings. The van der Waals surface area contributed by atoms with E-state index in [1.807, 2.05) is 0 Å². The molecule has 4 aromatic rings. The number of aromatic amines is 1.